The van der Waals surface area contributed by atoms with Crippen molar-refractivity contribution < 1.29 is 0 Å². The number of hydrogen-bond donors (Lipinski definition) is 1. The minimum atomic E-state index is 0.557. The number of piperidine rings is 1. The molecule has 1 aliphatic rings. The molecule has 0 bridgehead atoms. The highest BCUT2D eigenvalue weighted by molar-refractivity contribution is 5.00. The van der Waals surface area contributed by atoms with Gasteiger partial charge >= 0.3 is 0 Å². The van der Waals surface area contributed by atoms with E-state index in [1.165, 1.54) is 44.3 Å². The van der Waals surface area contributed by atoms with Gasteiger partial charge in [-0.25, -0.2) is 0 Å². The Hall–Kier alpha value is -0.340. The Kier molecular flexibility index (Phi) is 6.83. The fourth-order valence-corrected chi connectivity index (χ4v) is 2.56. The summed E-state index contributed by atoms with van der Waals surface area (Å²) in [7, 11) is 0. The maximum atomic E-state index is 4.17. The Labute approximate surface area is 107 Å². The van der Waals surface area contributed by atoms with Crippen molar-refractivity contribution in [2.45, 2.75) is 52.5 Å². The molecule has 0 radical (unpaired) electrons. The summed E-state index contributed by atoms with van der Waals surface area (Å²) in [5, 5.41) is 3.44. The highest BCUT2D eigenvalue weighted by atomic mass is 15.1. The van der Waals surface area contributed by atoms with E-state index in [9.17, 15) is 0 Å². The predicted molar refractivity (Wildman–Crippen MR) is 76.4 cm³/mol. The van der Waals surface area contributed by atoms with Crippen molar-refractivity contribution in [2.75, 3.05) is 26.2 Å². The van der Waals surface area contributed by atoms with Crippen LogP contribution in [-0.2, 0) is 0 Å². The van der Waals surface area contributed by atoms with Crippen molar-refractivity contribution in [1.29, 1.82) is 0 Å². The molecule has 1 saturated heterocycles. The van der Waals surface area contributed by atoms with Crippen LogP contribution in [0.1, 0.15) is 46.5 Å². The molecule has 100 valence electrons. The summed E-state index contributed by atoms with van der Waals surface area (Å²) in [4.78, 5) is 2.57. The number of nitrogens with one attached hydrogen (secondary N) is 1. The average molecular weight is 238 g/mol. The van der Waals surface area contributed by atoms with Crippen molar-refractivity contribution in [2.24, 2.45) is 5.92 Å². The van der Waals surface area contributed by atoms with Crippen LogP contribution in [0, 0.1) is 5.92 Å². The first-order valence-electron chi connectivity index (χ1n) is 7.24. The lowest BCUT2D eigenvalue weighted by atomic mass is 9.92. The molecule has 0 saturated carbocycles. The molecule has 1 heterocycles. The first-order chi connectivity index (χ1) is 8.11. The van der Waals surface area contributed by atoms with E-state index in [0.717, 1.165) is 19.0 Å². The molecule has 1 rings (SSSR count). The fourth-order valence-electron chi connectivity index (χ4n) is 2.56. The number of hydrogen-bond acceptors (Lipinski definition) is 2. The van der Waals surface area contributed by atoms with Crippen molar-refractivity contribution in [3.05, 3.63) is 12.2 Å². The summed E-state index contributed by atoms with van der Waals surface area (Å²) in [6.45, 7) is 15.4. The second-order valence-electron chi connectivity index (χ2n) is 5.79. The predicted octanol–water partition coefficient (Wildman–Crippen LogP) is 3.05. The molecule has 0 aromatic heterocycles. The zero-order valence-corrected chi connectivity index (χ0v) is 12.0. The Morgan fingerprint density at radius 3 is 2.53 bits per heavy atom. The summed E-state index contributed by atoms with van der Waals surface area (Å²) in [6, 6.07) is 0.557. The van der Waals surface area contributed by atoms with E-state index in [2.05, 4.69) is 37.6 Å². The van der Waals surface area contributed by atoms with Gasteiger partial charge in [0.1, 0.15) is 0 Å². The molecule has 0 aliphatic carbocycles. The van der Waals surface area contributed by atoms with Crippen LogP contribution < -0.4 is 5.32 Å². The maximum Gasteiger partial charge on any atom is 0.0202 e. The zero-order chi connectivity index (χ0) is 12.7. The topological polar surface area (TPSA) is 15.3 Å². The molecule has 2 heteroatoms. The second kappa shape index (κ2) is 7.88. The highest BCUT2D eigenvalue weighted by Gasteiger charge is 2.18. The van der Waals surface area contributed by atoms with Crippen LogP contribution in [0.4, 0.5) is 0 Å². The Morgan fingerprint density at radius 2 is 2.00 bits per heavy atom. The third kappa shape index (κ3) is 6.23. The van der Waals surface area contributed by atoms with Crippen LogP contribution in [0.2, 0.25) is 0 Å². The average Bonchev–Trinajstić information content (AvgIpc) is 2.29. The zero-order valence-electron chi connectivity index (χ0n) is 12.0. The molecule has 2 nitrogen and oxygen atoms in total. The molecule has 1 N–H and O–H groups in total. The molecular formula is C15H30N2. The molecule has 0 spiro atoms. The quantitative estimate of drug-likeness (QED) is 0.686. The smallest absolute Gasteiger partial charge is 0.0202 e. The van der Waals surface area contributed by atoms with E-state index < -0.39 is 0 Å². The van der Waals surface area contributed by atoms with Crippen molar-refractivity contribution >= 4 is 0 Å². The lowest BCUT2D eigenvalue weighted by Crippen LogP contribution is -2.37. The highest BCUT2D eigenvalue weighted by Crippen LogP contribution is 2.21. The number of likely N-dealkylation sites (tertiary alicyclic amines) is 1. The van der Waals surface area contributed by atoms with Gasteiger partial charge in [-0.1, -0.05) is 40.2 Å². The minimum Gasteiger partial charge on any atom is -0.311 e. The lowest BCUT2D eigenvalue weighted by Gasteiger charge is -2.32. The maximum absolute atomic E-state index is 4.17. The molecule has 0 aromatic rings. The van der Waals surface area contributed by atoms with E-state index in [1.54, 1.807) is 0 Å². The van der Waals surface area contributed by atoms with Gasteiger partial charge in [0.05, 0.1) is 0 Å². The molecule has 1 fully saturated rings. The lowest BCUT2D eigenvalue weighted by molar-refractivity contribution is 0.190. The van der Waals surface area contributed by atoms with Crippen molar-refractivity contribution in [1.82, 2.24) is 10.2 Å². The first kappa shape index (κ1) is 14.7. The van der Waals surface area contributed by atoms with Crippen molar-refractivity contribution in [3.63, 3.8) is 0 Å². The van der Waals surface area contributed by atoms with Crippen LogP contribution in [0.3, 0.4) is 0 Å². The van der Waals surface area contributed by atoms with E-state index in [0.29, 0.717) is 6.04 Å². The number of nitrogens with zero attached hydrogens (tertiary/aromatic N) is 1. The third-order valence-corrected chi connectivity index (χ3v) is 3.61. The monoisotopic (exact) mass is 238 g/mol. The van der Waals surface area contributed by atoms with Gasteiger partial charge in [0, 0.05) is 19.1 Å². The number of rotatable bonds is 7. The molecule has 0 atom stereocenters. The Morgan fingerprint density at radius 1 is 1.35 bits per heavy atom. The Balaban J connectivity index is 2.14. The molecule has 17 heavy (non-hydrogen) atoms. The molecular weight excluding hydrogens is 208 g/mol. The summed E-state index contributed by atoms with van der Waals surface area (Å²) in [5.41, 5.74) is 1.33. The van der Waals surface area contributed by atoms with Crippen LogP contribution in [0.25, 0.3) is 0 Å². The summed E-state index contributed by atoms with van der Waals surface area (Å²) >= 11 is 0. The van der Waals surface area contributed by atoms with Gasteiger partial charge in [-0.15, -0.1) is 0 Å². The normalized spacial score (nSPS) is 18.8. The first-order valence-corrected chi connectivity index (χ1v) is 7.24. The van der Waals surface area contributed by atoms with Crippen LogP contribution in [0.5, 0.6) is 0 Å². The van der Waals surface area contributed by atoms with E-state index in [1.807, 2.05) is 0 Å². The van der Waals surface area contributed by atoms with Gasteiger partial charge in [-0.05, 0) is 37.4 Å². The van der Waals surface area contributed by atoms with Crippen LogP contribution >= 0.6 is 0 Å². The largest absolute Gasteiger partial charge is 0.311 e. The summed E-state index contributed by atoms with van der Waals surface area (Å²) < 4.78 is 0. The van der Waals surface area contributed by atoms with Gasteiger partial charge in [-0.2, -0.15) is 0 Å². The third-order valence-electron chi connectivity index (χ3n) is 3.61. The van der Waals surface area contributed by atoms with Gasteiger partial charge < -0.3 is 5.32 Å². The molecule has 0 aromatic carbocycles. The van der Waals surface area contributed by atoms with Crippen molar-refractivity contribution in [3.8, 4) is 0 Å². The standard InChI is InChI=1S/C15H30N2/c1-5-6-15-7-9-17(10-8-15)12-14(4)11-16-13(2)3/h13,15-16H,4-12H2,1-3H3. The van der Waals surface area contributed by atoms with E-state index in [4.69, 9.17) is 0 Å². The van der Waals surface area contributed by atoms with Gasteiger partial charge in [0.15, 0.2) is 0 Å². The Bertz CT molecular complexity index is 215. The van der Waals surface area contributed by atoms with Gasteiger partial charge in [0.25, 0.3) is 0 Å². The molecule has 0 amide bonds. The SMILES string of the molecule is C=C(CNC(C)C)CN1CCC(CCC)CC1. The second-order valence-corrected chi connectivity index (χ2v) is 5.79. The minimum absolute atomic E-state index is 0.557. The van der Waals surface area contributed by atoms with E-state index in [-0.39, 0.29) is 0 Å². The fraction of sp³-hybridized carbons (Fsp3) is 0.867. The van der Waals surface area contributed by atoms with E-state index >= 15 is 0 Å². The summed E-state index contributed by atoms with van der Waals surface area (Å²) in [5.74, 6) is 0.985. The van der Waals surface area contributed by atoms with Gasteiger partial charge in [0.2, 0.25) is 0 Å². The molecule has 1 aliphatic heterocycles. The van der Waals surface area contributed by atoms with Gasteiger partial charge in [-0.3, -0.25) is 4.90 Å². The molecule has 0 unspecified atom stereocenters. The summed E-state index contributed by atoms with van der Waals surface area (Å²) in [6.07, 6.45) is 5.54. The van der Waals surface area contributed by atoms with Crippen LogP contribution in [0.15, 0.2) is 12.2 Å². The van der Waals surface area contributed by atoms with Crippen LogP contribution in [-0.4, -0.2) is 37.1 Å².